The van der Waals surface area contributed by atoms with Gasteiger partial charge in [-0.25, -0.2) is 17.6 Å². The van der Waals surface area contributed by atoms with E-state index >= 15 is 14.0 Å². The van der Waals surface area contributed by atoms with E-state index < -0.39 is 74.9 Å². The molecular formula is C49H22F4O8S4. The molecule has 3 aliphatic carbocycles. The zero-order valence-electron chi connectivity index (χ0n) is 32.7. The number of hydrogen-bond donors (Lipinski definition) is 0. The van der Waals surface area contributed by atoms with Gasteiger partial charge in [0.2, 0.25) is 28.5 Å². The minimum absolute atomic E-state index is 0.152. The lowest BCUT2D eigenvalue weighted by atomic mass is 9.79. The van der Waals surface area contributed by atoms with Crippen molar-refractivity contribution in [3.63, 3.8) is 0 Å². The Labute approximate surface area is 379 Å². The highest BCUT2D eigenvalue weighted by Crippen LogP contribution is 2.62. The Morgan fingerprint density at radius 1 is 0.538 bits per heavy atom. The van der Waals surface area contributed by atoms with Crippen molar-refractivity contribution in [3.8, 4) is 9.75 Å². The van der Waals surface area contributed by atoms with E-state index in [1.807, 2.05) is 0 Å². The number of hydrogen-bond acceptors (Lipinski definition) is 12. The first-order valence-corrected chi connectivity index (χ1v) is 22.8. The molecule has 65 heavy (non-hydrogen) atoms. The van der Waals surface area contributed by atoms with E-state index in [1.165, 1.54) is 52.2 Å². The van der Waals surface area contributed by atoms with Gasteiger partial charge >= 0.3 is 11.9 Å². The van der Waals surface area contributed by atoms with Gasteiger partial charge < -0.3 is 9.47 Å². The minimum Gasteiger partial charge on any atom is -0.459 e. The number of ether oxygens (including phenoxy) is 2. The molecule has 4 heterocycles. The molecule has 0 N–H and O–H groups in total. The van der Waals surface area contributed by atoms with Crippen molar-refractivity contribution in [2.75, 3.05) is 0 Å². The Hall–Kier alpha value is -6.98. The van der Waals surface area contributed by atoms with Crippen molar-refractivity contribution in [3.05, 3.63) is 175 Å². The lowest BCUT2D eigenvalue weighted by molar-refractivity contribution is -0.164. The first kappa shape index (κ1) is 40.8. The smallest absolute Gasteiger partial charge is 0.333 e. The summed E-state index contributed by atoms with van der Waals surface area (Å²) < 4.78 is 73.2. The average Bonchev–Trinajstić information content (AvgIpc) is 4.14. The summed E-state index contributed by atoms with van der Waals surface area (Å²) in [5.74, 6) is -10.3. The topological polar surface area (TPSA) is 121 Å². The molecule has 318 valence electrons. The van der Waals surface area contributed by atoms with Crippen LogP contribution in [0.15, 0.2) is 97.1 Å². The van der Waals surface area contributed by atoms with Crippen molar-refractivity contribution in [1.82, 2.24) is 0 Å². The number of fused-ring (bicyclic) bond motifs is 9. The molecule has 0 bridgehead atoms. The number of allylic oxidation sites excluding steroid dienone is 2. The first-order chi connectivity index (χ1) is 31.3. The molecule has 0 unspecified atom stereocenters. The van der Waals surface area contributed by atoms with Crippen LogP contribution in [0.4, 0.5) is 17.6 Å². The van der Waals surface area contributed by atoms with Gasteiger partial charge in [-0.15, -0.1) is 45.3 Å². The summed E-state index contributed by atoms with van der Waals surface area (Å²) in [4.78, 5) is 84.0. The maximum atomic E-state index is 15.3. The van der Waals surface area contributed by atoms with E-state index in [4.69, 9.17) is 9.47 Å². The number of thiophene rings is 4. The maximum absolute atomic E-state index is 15.3. The zero-order valence-corrected chi connectivity index (χ0v) is 36.0. The fourth-order valence-electron chi connectivity index (χ4n) is 8.53. The number of Topliss-reactive ketones (excluding diaryl/α,β-unsaturated/α-hetero) is 4. The molecule has 4 aromatic carbocycles. The second kappa shape index (κ2) is 15.1. The van der Waals surface area contributed by atoms with Crippen LogP contribution in [0, 0.1) is 23.3 Å². The normalized spacial score (nSPS) is 15.9. The Balaban J connectivity index is 1.10. The van der Waals surface area contributed by atoms with Gasteiger partial charge in [0.05, 0.1) is 29.4 Å². The van der Waals surface area contributed by atoms with Gasteiger partial charge in [-0.2, -0.15) is 0 Å². The van der Waals surface area contributed by atoms with E-state index in [1.54, 1.807) is 66.7 Å². The SMILES string of the molecule is O=C1C(=O)c2c(F)cc(F)cc2/C1=C/c1cc2sc3c4c(sc3c2s1)-c1sc(/C=C2\C(=O)C(=O)c3cc(F)cc(F)c32)cc1C4(C(=O)OCc1ccccc1)C(=O)OCc1ccccc1. The number of rotatable bonds is 8. The van der Waals surface area contributed by atoms with E-state index in [0.29, 0.717) is 62.3 Å². The van der Waals surface area contributed by atoms with Crippen molar-refractivity contribution in [2.24, 2.45) is 0 Å². The molecule has 16 heteroatoms. The largest absolute Gasteiger partial charge is 0.459 e. The van der Waals surface area contributed by atoms with Crippen molar-refractivity contribution < 1.29 is 55.8 Å². The second-order valence-electron chi connectivity index (χ2n) is 15.2. The predicted octanol–water partition coefficient (Wildman–Crippen LogP) is 11.2. The molecular weight excluding hydrogens is 921 g/mol. The molecule has 0 aliphatic heterocycles. The monoisotopic (exact) mass is 942 g/mol. The summed E-state index contributed by atoms with van der Waals surface area (Å²) in [5.41, 5.74) is -2.43. The highest BCUT2D eigenvalue weighted by Gasteiger charge is 2.61. The van der Waals surface area contributed by atoms with Gasteiger partial charge in [-0.1, -0.05) is 60.7 Å². The van der Waals surface area contributed by atoms with Gasteiger partial charge in [0, 0.05) is 65.6 Å². The average molecular weight is 943 g/mol. The molecule has 11 rings (SSSR count). The molecule has 0 saturated heterocycles. The van der Waals surface area contributed by atoms with Crippen LogP contribution in [-0.2, 0) is 47.3 Å². The number of carbonyl (C=O) groups excluding carboxylic acids is 6. The number of halogens is 4. The number of esters is 2. The summed E-state index contributed by atoms with van der Waals surface area (Å²) in [6.07, 6.45) is 2.69. The Kier molecular flexibility index (Phi) is 9.44. The van der Waals surface area contributed by atoms with E-state index in [9.17, 15) is 32.3 Å². The number of benzene rings is 4. The van der Waals surface area contributed by atoms with Gasteiger partial charge in [-0.05, 0) is 47.5 Å². The minimum atomic E-state index is -2.26. The summed E-state index contributed by atoms with van der Waals surface area (Å²) in [5, 5.41) is 0. The third-order valence-electron chi connectivity index (χ3n) is 11.4. The van der Waals surface area contributed by atoms with E-state index in [2.05, 4.69) is 0 Å². The summed E-state index contributed by atoms with van der Waals surface area (Å²) in [6.45, 7) is -0.434. The second-order valence-corrected chi connectivity index (χ2v) is 19.5. The molecule has 4 aromatic heterocycles. The zero-order chi connectivity index (χ0) is 45.1. The van der Waals surface area contributed by atoms with Crippen LogP contribution in [0.5, 0.6) is 0 Å². The van der Waals surface area contributed by atoms with E-state index in [-0.39, 0.29) is 45.9 Å². The van der Waals surface area contributed by atoms with Crippen LogP contribution in [0.1, 0.15) is 63.9 Å². The maximum Gasteiger partial charge on any atom is 0.333 e. The van der Waals surface area contributed by atoms with Crippen molar-refractivity contribution in [2.45, 2.75) is 18.6 Å². The highest BCUT2D eigenvalue weighted by molar-refractivity contribution is 7.40. The highest BCUT2D eigenvalue weighted by atomic mass is 32.1. The Morgan fingerprint density at radius 3 is 1.75 bits per heavy atom. The van der Waals surface area contributed by atoms with Crippen LogP contribution in [-0.4, -0.2) is 35.1 Å². The van der Waals surface area contributed by atoms with Gasteiger partial charge in [0.15, 0.2) is 0 Å². The van der Waals surface area contributed by atoms with Crippen molar-refractivity contribution in [1.29, 1.82) is 0 Å². The standard InChI is InChI=1S/C49H22F4O8S4/c50-23-11-27-28(38(54)41(57)36(27)33(53)14-23)15-26-18-34-43(63-26)46-45(64-34)37-44(65-46)42-31(17-25(62-42)16-30-35-29(39(55)40(30)56)12-24(51)13-32(35)52)49(37,47(58)60-19-21-7-3-1-4-8-21)48(59)61-20-22-9-5-2-6-10-22/h1-18H,19-20H2/b28-15-,30-16-. The molecule has 8 nitrogen and oxygen atoms in total. The fraction of sp³-hybridized carbons (Fsp3) is 0.0612. The summed E-state index contributed by atoms with van der Waals surface area (Å²) in [7, 11) is 0. The molecule has 0 spiro atoms. The Morgan fingerprint density at radius 2 is 1.11 bits per heavy atom. The summed E-state index contributed by atoms with van der Waals surface area (Å²) >= 11 is 4.81. The molecule has 0 atom stereocenters. The molecule has 0 radical (unpaired) electrons. The van der Waals surface area contributed by atoms with Crippen LogP contribution < -0.4 is 0 Å². The lowest BCUT2D eigenvalue weighted by Gasteiger charge is -2.26. The third-order valence-corrected chi connectivity index (χ3v) is 16.5. The predicted molar refractivity (Wildman–Crippen MR) is 239 cm³/mol. The van der Waals surface area contributed by atoms with Gasteiger partial charge in [0.1, 0.15) is 36.5 Å². The van der Waals surface area contributed by atoms with Crippen LogP contribution in [0.2, 0.25) is 0 Å². The first-order valence-electron chi connectivity index (χ1n) is 19.5. The fourth-order valence-corrected chi connectivity index (χ4v) is 14.2. The van der Waals surface area contributed by atoms with E-state index in [0.717, 1.165) is 23.5 Å². The lowest BCUT2D eigenvalue weighted by Crippen LogP contribution is -2.45. The molecule has 0 amide bonds. The quantitative estimate of drug-likeness (QED) is 0.0485. The summed E-state index contributed by atoms with van der Waals surface area (Å²) in [6, 6.07) is 23.8. The molecule has 3 aliphatic rings. The molecule has 0 saturated carbocycles. The molecule has 8 aromatic rings. The van der Waals surface area contributed by atoms with Crippen LogP contribution in [0.25, 0.3) is 51.9 Å². The van der Waals surface area contributed by atoms with Gasteiger partial charge in [0.25, 0.3) is 0 Å². The molecule has 0 fully saturated rings. The van der Waals surface area contributed by atoms with Crippen LogP contribution >= 0.6 is 45.3 Å². The number of carbonyl (C=O) groups is 6. The van der Waals surface area contributed by atoms with Gasteiger partial charge in [-0.3, -0.25) is 28.8 Å². The third kappa shape index (κ3) is 6.19. The number of ketones is 4. The Bertz CT molecular complexity index is 3500. The van der Waals surface area contributed by atoms with Crippen LogP contribution in [0.3, 0.4) is 0 Å². The van der Waals surface area contributed by atoms with Crippen molar-refractivity contribution >= 4 is 123 Å².